The van der Waals surface area contributed by atoms with E-state index in [4.69, 9.17) is 0 Å². The van der Waals surface area contributed by atoms with Crippen molar-refractivity contribution in [3.05, 3.63) is 66.0 Å². The number of piperidine rings is 1. The number of likely N-dealkylation sites (tertiary alicyclic amines) is 1. The van der Waals surface area contributed by atoms with Crippen molar-refractivity contribution < 1.29 is 13.3 Å². The number of nitrogens with one attached hydrogen (secondary N) is 2. The van der Waals surface area contributed by atoms with Crippen LogP contribution in [0.4, 0.5) is 0 Å². The van der Waals surface area contributed by atoms with Gasteiger partial charge >= 0.3 is 0 Å². The molecule has 1 fully saturated rings. The van der Waals surface area contributed by atoms with Crippen LogP contribution in [0.2, 0.25) is 0 Å². The van der Waals surface area contributed by atoms with Crippen LogP contribution in [0.25, 0.3) is 5.69 Å². The number of tetrazole rings is 1. The minimum Gasteiger partial charge on any atom is -0.331 e. The summed E-state index contributed by atoms with van der Waals surface area (Å²) in [5.41, 5.74) is 2.87. The lowest BCUT2D eigenvalue weighted by atomic mass is 10.1. The molecule has 1 saturated heterocycles. The molecule has 2 aromatic carbocycles. The van der Waals surface area contributed by atoms with Gasteiger partial charge in [0.2, 0.25) is 10.0 Å². The molecule has 3 aromatic rings. The first-order valence-corrected chi connectivity index (χ1v) is 11.2. The van der Waals surface area contributed by atoms with Crippen molar-refractivity contribution in [1.29, 1.82) is 0 Å². The number of aromatic nitrogens is 4. The fourth-order valence-electron chi connectivity index (χ4n) is 3.82. The van der Waals surface area contributed by atoms with Gasteiger partial charge in [0, 0.05) is 24.4 Å². The van der Waals surface area contributed by atoms with Crippen molar-refractivity contribution in [1.82, 2.24) is 24.9 Å². The van der Waals surface area contributed by atoms with Gasteiger partial charge in [0.15, 0.2) is 0 Å². The molecule has 0 bridgehead atoms. The van der Waals surface area contributed by atoms with Gasteiger partial charge in [-0.25, -0.2) is 17.8 Å². The van der Waals surface area contributed by atoms with Crippen LogP contribution in [-0.4, -0.2) is 47.8 Å². The number of sulfonamides is 1. The zero-order valence-electron chi connectivity index (χ0n) is 16.3. The number of aryl methyl sites for hydroxylation is 1. The second kappa shape index (κ2) is 8.40. The number of quaternary nitrogens is 1. The second-order valence-corrected chi connectivity index (χ2v) is 9.22. The Labute approximate surface area is 170 Å². The Kier molecular flexibility index (Phi) is 5.70. The first kappa shape index (κ1) is 19.7. The maximum absolute atomic E-state index is 12.9. The molecule has 0 radical (unpaired) electrons. The maximum Gasteiger partial charge on any atom is 0.240 e. The van der Waals surface area contributed by atoms with Crippen LogP contribution in [-0.2, 0) is 16.6 Å². The first-order chi connectivity index (χ1) is 14.0. The number of hydrogen-bond donors (Lipinski definition) is 2. The summed E-state index contributed by atoms with van der Waals surface area (Å²) in [5.74, 6) is 0. The summed E-state index contributed by atoms with van der Waals surface area (Å²) in [6, 6.07) is 15.4. The van der Waals surface area contributed by atoms with Gasteiger partial charge in [0.1, 0.15) is 12.9 Å². The van der Waals surface area contributed by atoms with Gasteiger partial charge in [-0.2, -0.15) is 0 Å². The quantitative estimate of drug-likeness (QED) is 0.614. The van der Waals surface area contributed by atoms with Crippen molar-refractivity contribution in [3.8, 4) is 5.69 Å². The highest BCUT2D eigenvalue weighted by atomic mass is 32.2. The van der Waals surface area contributed by atoms with E-state index in [1.165, 1.54) is 21.5 Å². The van der Waals surface area contributed by atoms with Gasteiger partial charge < -0.3 is 4.90 Å². The molecule has 9 heteroatoms. The third kappa shape index (κ3) is 4.69. The lowest BCUT2D eigenvalue weighted by Crippen LogP contribution is -3.12. The fourth-order valence-corrected chi connectivity index (χ4v) is 5.21. The van der Waals surface area contributed by atoms with Crippen LogP contribution in [0, 0.1) is 6.92 Å². The van der Waals surface area contributed by atoms with E-state index in [1.807, 2.05) is 13.0 Å². The van der Waals surface area contributed by atoms with Crippen molar-refractivity contribution in [3.63, 3.8) is 0 Å². The van der Waals surface area contributed by atoms with Crippen molar-refractivity contribution in [2.24, 2.45) is 0 Å². The van der Waals surface area contributed by atoms with E-state index in [2.05, 4.69) is 44.5 Å². The summed E-state index contributed by atoms with van der Waals surface area (Å²) in [5, 5.41) is 11.1. The molecule has 0 saturated carbocycles. The molecule has 29 heavy (non-hydrogen) atoms. The monoisotopic (exact) mass is 413 g/mol. The summed E-state index contributed by atoms with van der Waals surface area (Å²) < 4.78 is 30.1. The van der Waals surface area contributed by atoms with Gasteiger partial charge in [-0.1, -0.05) is 30.3 Å². The lowest BCUT2D eigenvalue weighted by molar-refractivity contribution is -0.918. The highest BCUT2D eigenvalue weighted by Gasteiger charge is 2.27. The molecule has 0 spiro atoms. The number of nitrogens with zero attached hydrogens (tertiary/aromatic N) is 4. The molecule has 2 heterocycles. The topological polar surface area (TPSA) is 94.2 Å². The molecular formula is C20H25N6O2S+. The highest BCUT2D eigenvalue weighted by molar-refractivity contribution is 7.89. The molecule has 4 rings (SSSR count). The van der Waals surface area contributed by atoms with Crippen LogP contribution in [0.1, 0.15) is 24.0 Å². The third-order valence-corrected chi connectivity index (χ3v) is 6.90. The summed E-state index contributed by atoms with van der Waals surface area (Å²) in [4.78, 5) is 1.76. The molecule has 152 valence electrons. The van der Waals surface area contributed by atoms with Crippen molar-refractivity contribution in [2.45, 2.75) is 37.2 Å². The van der Waals surface area contributed by atoms with E-state index >= 15 is 0 Å². The highest BCUT2D eigenvalue weighted by Crippen LogP contribution is 2.19. The fraction of sp³-hybridized carbons (Fsp3) is 0.350. The van der Waals surface area contributed by atoms with Crippen molar-refractivity contribution >= 4 is 10.0 Å². The SMILES string of the molecule is Cc1cc(S(=O)(=O)NC2CC[NH+](Cc3ccccc3)CC2)ccc1-n1cnnn1. The number of hydrogen-bond acceptors (Lipinski definition) is 5. The van der Waals surface area contributed by atoms with E-state index in [9.17, 15) is 8.42 Å². The number of benzene rings is 2. The Hall–Kier alpha value is -2.62. The summed E-state index contributed by atoms with van der Waals surface area (Å²) >= 11 is 0. The Bertz CT molecular complexity index is 1050. The predicted octanol–water partition coefficient (Wildman–Crippen LogP) is 0.497. The minimum absolute atomic E-state index is 0.0287. The van der Waals surface area contributed by atoms with E-state index < -0.39 is 10.0 Å². The number of rotatable bonds is 6. The average Bonchev–Trinajstić information content (AvgIpc) is 3.24. The van der Waals surface area contributed by atoms with Crippen molar-refractivity contribution in [2.75, 3.05) is 13.1 Å². The van der Waals surface area contributed by atoms with E-state index in [1.54, 1.807) is 18.2 Å². The molecule has 0 aliphatic carbocycles. The Morgan fingerprint density at radius 2 is 1.90 bits per heavy atom. The molecule has 1 aliphatic heterocycles. The van der Waals surface area contributed by atoms with Crippen LogP contribution < -0.4 is 9.62 Å². The van der Waals surface area contributed by atoms with E-state index in [-0.39, 0.29) is 10.9 Å². The van der Waals surface area contributed by atoms with E-state index in [0.29, 0.717) is 0 Å². The standard InChI is InChI=1S/C20H24N6O2S/c1-16-13-19(7-8-20(16)26-15-21-23-24-26)29(27,28)22-18-9-11-25(12-10-18)14-17-5-3-2-4-6-17/h2-8,13,15,18,22H,9-12,14H2,1H3/p+1. The molecular weight excluding hydrogens is 388 g/mol. The molecule has 0 amide bonds. The van der Waals surface area contributed by atoms with Gasteiger partial charge in [-0.3, -0.25) is 0 Å². The average molecular weight is 414 g/mol. The van der Waals surface area contributed by atoms with Gasteiger partial charge in [0.05, 0.1) is 23.7 Å². The summed E-state index contributed by atoms with van der Waals surface area (Å²) in [6.07, 6.45) is 3.16. The Morgan fingerprint density at radius 1 is 1.14 bits per heavy atom. The molecule has 2 N–H and O–H groups in total. The van der Waals surface area contributed by atoms with Crippen LogP contribution in [0.15, 0.2) is 59.8 Å². The summed E-state index contributed by atoms with van der Waals surface area (Å²) in [7, 11) is -3.56. The Balaban J connectivity index is 1.37. The van der Waals surface area contributed by atoms with Gasteiger partial charge in [-0.05, 0) is 41.1 Å². The molecule has 8 nitrogen and oxygen atoms in total. The molecule has 0 unspecified atom stereocenters. The van der Waals surface area contributed by atoms with Crippen LogP contribution in [0.3, 0.4) is 0 Å². The lowest BCUT2D eigenvalue weighted by Gasteiger charge is -2.29. The van der Waals surface area contributed by atoms with Crippen LogP contribution in [0.5, 0.6) is 0 Å². The smallest absolute Gasteiger partial charge is 0.240 e. The third-order valence-electron chi connectivity index (χ3n) is 5.39. The minimum atomic E-state index is -3.56. The maximum atomic E-state index is 12.9. The molecule has 1 aliphatic rings. The zero-order valence-corrected chi connectivity index (χ0v) is 17.1. The molecule has 0 atom stereocenters. The van der Waals surface area contributed by atoms with E-state index in [0.717, 1.165) is 43.7 Å². The van der Waals surface area contributed by atoms with Gasteiger partial charge in [-0.15, -0.1) is 5.10 Å². The molecule has 1 aromatic heterocycles. The largest absolute Gasteiger partial charge is 0.331 e. The Morgan fingerprint density at radius 3 is 2.55 bits per heavy atom. The second-order valence-electron chi connectivity index (χ2n) is 7.51. The summed E-state index contributed by atoms with van der Waals surface area (Å²) in [6.45, 7) is 4.75. The zero-order chi connectivity index (χ0) is 20.3. The normalized spacial score (nSPS) is 19.9. The van der Waals surface area contributed by atoms with Crippen LogP contribution >= 0.6 is 0 Å². The van der Waals surface area contributed by atoms with Gasteiger partial charge in [0.25, 0.3) is 0 Å². The predicted molar refractivity (Wildman–Crippen MR) is 108 cm³/mol. The first-order valence-electron chi connectivity index (χ1n) is 9.75.